The van der Waals surface area contributed by atoms with Crippen molar-refractivity contribution in [2.24, 2.45) is 0 Å². The highest BCUT2D eigenvalue weighted by atomic mass is 79.9. The van der Waals surface area contributed by atoms with Crippen molar-refractivity contribution in [1.82, 2.24) is 5.32 Å². The fourth-order valence-corrected chi connectivity index (χ4v) is 1.90. The molecular formula is C15H18BrNO4. The fourth-order valence-electron chi connectivity index (χ4n) is 1.64. The van der Waals surface area contributed by atoms with Gasteiger partial charge in [0.2, 0.25) is 0 Å². The van der Waals surface area contributed by atoms with Crippen LogP contribution >= 0.6 is 15.9 Å². The first-order valence-corrected chi connectivity index (χ1v) is 7.68. The molecule has 0 saturated heterocycles. The average Bonchev–Trinajstić information content (AvgIpc) is 3.25. The van der Waals surface area contributed by atoms with E-state index in [1.807, 2.05) is 12.1 Å². The second-order valence-electron chi connectivity index (χ2n) is 5.08. The van der Waals surface area contributed by atoms with E-state index in [1.165, 1.54) is 0 Å². The Balaban J connectivity index is 1.80. The Morgan fingerprint density at radius 2 is 1.81 bits per heavy atom. The number of esters is 1. The van der Waals surface area contributed by atoms with Crippen molar-refractivity contribution >= 4 is 27.8 Å². The van der Waals surface area contributed by atoms with Gasteiger partial charge in [0.15, 0.2) is 12.2 Å². The van der Waals surface area contributed by atoms with Crippen LogP contribution in [-0.4, -0.2) is 30.1 Å². The van der Waals surface area contributed by atoms with Crippen molar-refractivity contribution in [3.8, 4) is 5.75 Å². The van der Waals surface area contributed by atoms with Crippen LogP contribution in [0.4, 0.5) is 0 Å². The summed E-state index contributed by atoms with van der Waals surface area (Å²) < 4.78 is 11.5. The molecule has 1 amide bonds. The normalized spacial score (nSPS) is 16.7. The highest BCUT2D eigenvalue weighted by Gasteiger charge is 2.28. The van der Waals surface area contributed by atoms with E-state index in [9.17, 15) is 9.59 Å². The summed E-state index contributed by atoms with van der Waals surface area (Å²) >= 11 is 3.32. The van der Waals surface area contributed by atoms with Crippen molar-refractivity contribution in [1.29, 1.82) is 0 Å². The molecule has 1 aromatic rings. The molecule has 0 heterocycles. The quantitative estimate of drug-likeness (QED) is 0.796. The third-order valence-corrected chi connectivity index (χ3v) is 3.57. The van der Waals surface area contributed by atoms with Gasteiger partial charge in [0.1, 0.15) is 5.75 Å². The van der Waals surface area contributed by atoms with Crippen LogP contribution in [-0.2, 0) is 14.3 Å². The molecule has 1 saturated carbocycles. The highest BCUT2D eigenvalue weighted by Crippen LogP contribution is 2.19. The van der Waals surface area contributed by atoms with Crippen molar-refractivity contribution in [2.75, 3.05) is 0 Å². The van der Waals surface area contributed by atoms with Crippen LogP contribution in [0.15, 0.2) is 28.7 Å². The van der Waals surface area contributed by atoms with Crippen LogP contribution in [0.5, 0.6) is 5.75 Å². The van der Waals surface area contributed by atoms with Crippen LogP contribution in [0.1, 0.15) is 26.7 Å². The lowest BCUT2D eigenvalue weighted by atomic mass is 10.3. The van der Waals surface area contributed by atoms with E-state index in [1.54, 1.807) is 26.0 Å². The molecule has 0 bridgehead atoms. The van der Waals surface area contributed by atoms with E-state index in [-0.39, 0.29) is 11.9 Å². The number of halogens is 1. The van der Waals surface area contributed by atoms with E-state index < -0.39 is 18.2 Å². The Labute approximate surface area is 132 Å². The van der Waals surface area contributed by atoms with Gasteiger partial charge in [-0.05, 0) is 51.0 Å². The zero-order valence-electron chi connectivity index (χ0n) is 12.0. The van der Waals surface area contributed by atoms with Crippen LogP contribution in [0.3, 0.4) is 0 Å². The zero-order valence-corrected chi connectivity index (χ0v) is 13.6. The summed E-state index contributed by atoms with van der Waals surface area (Å²) in [4.78, 5) is 23.6. The highest BCUT2D eigenvalue weighted by molar-refractivity contribution is 9.10. The monoisotopic (exact) mass is 355 g/mol. The molecule has 21 heavy (non-hydrogen) atoms. The molecule has 0 radical (unpaired) electrons. The maximum absolute atomic E-state index is 11.9. The second-order valence-corrected chi connectivity index (χ2v) is 5.99. The van der Waals surface area contributed by atoms with Crippen LogP contribution in [0.25, 0.3) is 0 Å². The summed E-state index contributed by atoms with van der Waals surface area (Å²) in [5.41, 5.74) is 0. The summed E-state index contributed by atoms with van der Waals surface area (Å²) in [6.07, 6.45) is 0.404. The predicted molar refractivity (Wildman–Crippen MR) is 81.0 cm³/mol. The predicted octanol–water partition coefficient (Wildman–Crippen LogP) is 2.43. The molecule has 0 aliphatic heterocycles. The molecule has 2 atom stereocenters. The molecule has 1 N–H and O–H groups in total. The van der Waals surface area contributed by atoms with Gasteiger partial charge in [0, 0.05) is 10.5 Å². The number of carbonyl (C=O) groups excluding carboxylic acids is 2. The van der Waals surface area contributed by atoms with Crippen molar-refractivity contribution in [2.45, 2.75) is 44.9 Å². The standard InChI is InChI=1S/C15H18BrNO4/c1-9(14(18)17-12-5-6-12)21-15(19)10(2)20-13-7-3-11(16)4-8-13/h3-4,7-10,12H,5-6H2,1-2H3,(H,17,18)/t9-,10+/m0/s1. The first-order chi connectivity index (χ1) is 9.95. The van der Waals surface area contributed by atoms with Crippen LogP contribution < -0.4 is 10.1 Å². The maximum Gasteiger partial charge on any atom is 0.347 e. The Kier molecular flexibility index (Phi) is 5.22. The molecule has 114 valence electrons. The van der Waals surface area contributed by atoms with Gasteiger partial charge in [-0.1, -0.05) is 15.9 Å². The van der Waals surface area contributed by atoms with Gasteiger partial charge >= 0.3 is 5.97 Å². The minimum absolute atomic E-state index is 0.245. The number of rotatable bonds is 6. The van der Waals surface area contributed by atoms with E-state index >= 15 is 0 Å². The average molecular weight is 356 g/mol. The summed E-state index contributed by atoms with van der Waals surface area (Å²) in [5, 5.41) is 2.79. The van der Waals surface area contributed by atoms with Crippen molar-refractivity contribution < 1.29 is 19.1 Å². The number of benzene rings is 1. The Morgan fingerprint density at radius 1 is 1.19 bits per heavy atom. The molecule has 1 aliphatic rings. The van der Waals surface area contributed by atoms with E-state index in [0.717, 1.165) is 17.3 Å². The number of carbonyl (C=O) groups is 2. The molecule has 1 fully saturated rings. The fraction of sp³-hybridized carbons (Fsp3) is 0.467. The Morgan fingerprint density at radius 3 is 2.38 bits per heavy atom. The van der Waals surface area contributed by atoms with E-state index in [2.05, 4.69) is 21.2 Å². The SMILES string of the molecule is C[C@H](OC(=O)[C@@H](C)Oc1ccc(Br)cc1)C(=O)NC1CC1. The van der Waals surface area contributed by atoms with Gasteiger partial charge in [0.25, 0.3) is 5.91 Å². The summed E-state index contributed by atoms with van der Waals surface area (Å²) in [5.74, 6) is -0.254. The lowest BCUT2D eigenvalue weighted by molar-refractivity contribution is -0.160. The molecule has 6 heteroatoms. The zero-order chi connectivity index (χ0) is 15.4. The Hall–Kier alpha value is -1.56. The first kappa shape index (κ1) is 15.8. The summed E-state index contributed by atoms with van der Waals surface area (Å²) in [7, 11) is 0. The Bertz CT molecular complexity index is 513. The van der Waals surface area contributed by atoms with Gasteiger partial charge in [-0.25, -0.2) is 4.79 Å². The van der Waals surface area contributed by atoms with Crippen LogP contribution in [0.2, 0.25) is 0 Å². The molecule has 0 unspecified atom stereocenters. The molecule has 0 aromatic heterocycles. The number of hydrogen-bond acceptors (Lipinski definition) is 4. The molecular weight excluding hydrogens is 338 g/mol. The smallest absolute Gasteiger partial charge is 0.347 e. The third-order valence-electron chi connectivity index (χ3n) is 3.04. The van der Waals surface area contributed by atoms with Gasteiger partial charge in [-0.3, -0.25) is 4.79 Å². The third kappa shape index (κ3) is 5.04. The summed E-state index contributed by atoms with van der Waals surface area (Å²) in [6, 6.07) is 7.38. The largest absolute Gasteiger partial charge is 0.479 e. The second kappa shape index (κ2) is 6.93. The van der Waals surface area contributed by atoms with Gasteiger partial charge in [-0.15, -0.1) is 0 Å². The number of ether oxygens (including phenoxy) is 2. The van der Waals surface area contributed by atoms with E-state index in [0.29, 0.717) is 5.75 Å². The topological polar surface area (TPSA) is 64.6 Å². The summed E-state index contributed by atoms with van der Waals surface area (Å²) in [6.45, 7) is 3.15. The number of hydrogen-bond donors (Lipinski definition) is 1. The van der Waals surface area contributed by atoms with E-state index in [4.69, 9.17) is 9.47 Å². The molecule has 2 rings (SSSR count). The van der Waals surface area contributed by atoms with Gasteiger partial charge < -0.3 is 14.8 Å². The minimum atomic E-state index is -0.811. The van der Waals surface area contributed by atoms with Gasteiger partial charge in [0.05, 0.1) is 0 Å². The lowest BCUT2D eigenvalue weighted by Gasteiger charge is -2.17. The molecule has 1 aliphatic carbocycles. The van der Waals surface area contributed by atoms with Crippen molar-refractivity contribution in [3.05, 3.63) is 28.7 Å². The molecule has 5 nitrogen and oxygen atoms in total. The number of nitrogens with one attached hydrogen (secondary N) is 1. The van der Waals surface area contributed by atoms with Gasteiger partial charge in [-0.2, -0.15) is 0 Å². The number of amides is 1. The molecule has 1 aromatic carbocycles. The van der Waals surface area contributed by atoms with Crippen LogP contribution in [0, 0.1) is 0 Å². The first-order valence-electron chi connectivity index (χ1n) is 6.89. The minimum Gasteiger partial charge on any atom is -0.479 e. The van der Waals surface area contributed by atoms with Crippen molar-refractivity contribution in [3.63, 3.8) is 0 Å². The molecule has 0 spiro atoms. The maximum atomic E-state index is 11.9. The lowest BCUT2D eigenvalue weighted by Crippen LogP contribution is -2.39.